The summed E-state index contributed by atoms with van der Waals surface area (Å²) in [6, 6.07) is 6.83. The quantitative estimate of drug-likeness (QED) is 0.780. The third-order valence-electron chi connectivity index (χ3n) is 3.35. The molecule has 2 rings (SSSR count). The first kappa shape index (κ1) is 17.1. The molecule has 0 aromatic heterocycles. The minimum Gasteiger partial charge on any atom is -0.495 e. The van der Waals surface area contributed by atoms with Gasteiger partial charge in [-0.2, -0.15) is 0 Å². The predicted octanol–water partition coefficient (Wildman–Crippen LogP) is 1.31. The molecule has 3 amide bonds. The van der Waals surface area contributed by atoms with Gasteiger partial charge >= 0.3 is 0 Å². The monoisotopic (exact) mass is 337 g/mol. The number of nitrogens with zero attached hydrogens (tertiary/aromatic N) is 1. The number of carbonyl (C=O) groups excluding carboxylic acids is 3. The molecule has 0 aliphatic carbocycles. The van der Waals surface area contributed by atoms with Crippen LogP contribution in [-0.2, 0) is 9.59 Å². The van der Waals surface area contributed by atoms with E-state index in [1.807, 2.05) is 18.2 Å². The van der Waals surface area contributed by atoms with Gasteiger partial charge in [0.05, 0.1) is 18.6 Å². The molecule has 0 unspecified atom stereocenters. The van der Waals surface area contributed by atoms with Crippen molar-refractivity contribution in [2.45, 2.75) is 13.0 Å². The fourth-order valence-corrected chi connectivity index (χ4v) is 2.86. The number of thioether (sulfide) groups is 1. The van der Waals surface area contributed by atoms with Crippen molar-refractivity contribution in [3.8, 4) is 5.75 Å². The maximum atomic E-state index is 12.1. The van der Waals surface area contributed by atoms with Crippen LogP contribution in [0, 0.1) is 0 Å². The Bertz CT molecular complexity index is 592. The summed E-state index contributed by atoms with van der Waals surface area (Å²) in [7, 11) is 1.56. The highest BCUT2D eigenvalue weighted by Gasteiger charge is 2.29. The molecule has 1 atom stereocenters. The molecule has 0 radical (unpaired) electrons. The zero-order valence-corrected chi connectivity index (χ0v) is 13.8. The molecule has 8 heteroatoms. The third kappa shape index (κ3) is 4.38. The minimum atomic E-state index is -0.481. The van der Waals surface area contributed by atoms with Crippen LogP contribution in [0.5, 0.6) is 5.75 Å². The summed E-state index contributed by atoms with van der Waals surface area (Å²) in [5.41, 5.74) is 0.721. The summed E-state index contributed by atoms with van der Waals surface area (Å²) in [5.74, 6) is 0.396. The van der Waals surface area contributed by atoms with E-state index in [0.717, 1.165) is 22.3 Å². The number of ether oxygens (including phenoxy) is 1. The molecule has 0 bridgehead atoms. The predicted molar refractivity (Wildman–Crippen MR) is 88.7 cm³/mol. The van der Waals surface area contributed by atoms with E-state index in [1.54, 1.807) is 20.1 Å². The molecule has 1 fully saturated rings. The van der Waals surface area contributed by atoms with E-state index in [4.69, 9.17) is 4.74 Å². The lowest BCUT2D eigenvalue weighted by Gasteiger charge is -2.18. The van der Waals surface area contributed by atoms with Gasteiger partial charge in [-0.3, -0.25) is 19.3 Å². The van der Waals surface area contributed by atoms with Gasteiger partial charge < -0.3 is 15.4 Å². The van der Waals surface area contributed by atoms with Crippen LogP contribution < -0.4 is 15.4 Å². The number of para-hydroxylation sites is 2. The highest BCUT2D eigenvalue weighted by molar-refractivity contribution is 8.14. The summed E-state index contributed by atoms with van der Waals surface area (Å²) in [6.07, 6.45) is 0. The maximum Gasteiger partial charge on any atom is 0.288 e. The minimum absolute atomic E-state index is 0.179. The molecular formula is C15H19N3O4S. The van der Waals surface area contributed by atoms with Gasteiger partial charge in [0.2, 0.25) is 11.8 Å². The number of nitrogens with one attached hydrogen (secondary N) is 2. The lowest BCUT2D eigenvalue weighted by atomic mass is 10.2. The van der Waals surface area contributed by atoms with Crippen molar-refractivity contribution in [1.29, 1.82) is 0 Å². The van der Waals surface area contributed by atoms with E-state index in [-0.39, 0.29) is 35.9 Å². The molecule has 0 saturated carbocycles. The Morgan fingerprint density at radius 2 is 2.13 bits per heavy atom. The van der Waals surface area contributed by atoms with Crippen molar-refractivity contribution in [2.75, 3.05) is 31.3 Å². The summed E-state index contributed by atoms with van der Waals surface area (Å²) >= 11 is 0.983. The molecule has 1 aliphatic heterocycles. The Labute approximate surface area is 138 Å². The summed E-state index contributed by atoms with van der Waals surface area (Å²) < 4.78 is 5.22. The Morgan fingerprint density at radius 1 is 1.39 bits per heavy atom. The second-order valence-corrected chi connectivity index (χ2v) is 5.88. The number of carbonyl (C=O) groups is 3. The number of rotatable bonds is 7. The van der Waals surface area contributed by atoms with Crippen molar-refractivity contribution in [2.24, 2.45) is 0 Å². The molecule has 2 N–H and O–H groups in total. The lowest BCUT2D eigenvalue weighted by Crippen LogP contribution is -2.42. The average molecular weight is 337 g/mol. The first-order valence-corrected chi connectivity index (χ1v) is 8.16. The Morgan fingerprint density at radius 3 is 2.78 bits per heavy atom. The topological polar surface area (TPSA) is 87.7 Å². The normalized spacial score (nSPS) is 15.5. The van der Waals surface area contributed by atoms with Crippen molar-refractivity contribution in [3.05, 3.63) is 24.3 Å². The van der Waals surface area contributed by atoms with Crippen molar-refractivity contribution in [1.82, 2.24) is 10.2 Å². The van der Waals surface area contributed by atoms with Crippen LogP contribution in [0.25, 0.3) is 0 Å². The first-order chi connectivity index (χ1) is 11.0. The second kappa shape index (κ2) is 7.87. The molecule has 1 saturated heterocycles. The SMILES string of the molecule is COc1ccccc1N[C@@H](C)C(=O)NCCN1C(=O)CSC1=O. The average Bonchev–Trinajstić information content (AvgIpc) is 2.87. The molecule has 1 aliphatic rings. The third-order valence-corrected chi connectivity index (χ3v) is 4.21. The van der Waals surface area contributed by atoms with Gasteiger partial charge in [0, 0.05) is 13.1 Å². The molecule has 1 heterocycles. The summed E-state index contributed by atoms with van der Waals surface area (Å²) in [4.78, 5) is 36.1. The van der Waals surface area contributed by atoms with E-state index < -0.39 is 6.04 Å². The molecular weight excluding hydrogens is 318 g/mol. The van der Waals surface area contributed by atoms with Gasteiger partial charge in [-0.25, -0.2) is 0 Å². The van der Waals surface area contributed by atoms with E-state index in [0.29, 0.717) is 5.75 Å². The van der Waals surface area contributed by atoms with E-state index in [9.17, 15) is 14.4 Å². The second-order valence-electron chi connectivity index (χ2n) is 4.96. The van der Waals surface area contributed by atoms with Gasteiger partial charge in [-0.1, -0.05) is 23.9 Å². The smallest absolute Gasteiger partial charge is 0.288 e. The fourth-order valence-electron chi connectivity index (χ4n) is 2.10. The van der Waals surface area contributed by atoms with Crippen LogP contribution in [-0.4, -0.2) is 53.9 Å². The zero-order valence-electron chi connectivity index (χ0n) is 13.0. The summed E-state index contributed by atoms with van der Waals surface area (Å²) in [5, 5.41) is 5.52. The van der Waals surface area contributed by atoms with E-state index in [2.05, 4.69) is 10.6 Å². The van der Waals surface area contributed by atoms with Gasteiger partial charge in [-0.15, -0.1) is 0 Å². The maximum absolute atomic E-state index is 12.1. The Kier molecular flexibility index (Phi) is 5.86. The first-order valence-electron chi connectivity index (χ1n) is 7.17. The summed E-state index contributed by atoms with van der Waals surface area (Å²) in [6.45, 7) is 2.15. The van der Waals surface area contributed by atoms with Crippen LogP contribution in [0.1, 0.15) is 6.92 Å². The fraction of sp³-hybridized carbons (Fsp3) is 0.400. The Balaban J connectivity index is 1.81. The number of methoxy groups -OCH3 is 1. The number of benzene rings is 1. The van der Waals surface area contributed by atoms with Gasteiger partial charge in [0.25, 0.3) is 5.24 Å². The van der Waals surface area contributed by atoms with Crippen LogP contribution >= 0.6 is 11.8 Å². The number of hydrogen-bond donors (Lipinski definition) is 2. The lowest BCUT2D eigenvalue weighted by molar-refractivity contribution is -0.125. The molecule has 7 nitrogen and oxygen atoms in total. The van der Waals surface area contributed by atoms with Crippen LogP contribution in [0.4, 0.5) is 10.5 Å². The van der Waals surface area contributed by atoms with Crippen molar-refractivity contribution in [3.63, 3.8) is 0 Å². The molecule has 23 heavy (non-hydrogen) atoms. The van der Waals surface area contributed by atoms with Crippen LogP contribution in [0.2, 0.25) is 0 Å². The van der Waals surface area contributed by atoms with Crippen molar-refractivity contribution < 1.29 is 19.1 Å². The van der Waals surface area contributed by atoms with Crippen LogP contribution in [0.3, 0.4) is 0 Å². The molecule has 0 spiro atoms. The molecule has 1 aromatic carbocycles. The largest absolute Gasteiger partial charge is 0.495 e. The molecule has 1 aromatic rings. The van der Waals surface area contributed by atoms with Gasteiger partial charge in [0.15, 0.2) is 0 Å². The van der Waals surface area contributed by atoms with E-state index in [1.165, 1.54) is 0 Å². The molecule has 124 valence electrons. The number of anilines is 1. The number of hydrogen-bond acceptors (Lipinski definition) is 6. The van der Waals surface area contributed by atoms with Crippen molar-refractivity contribution >= 4 is 34.5 Å². The van der Waals surface area contributed by atoms with Gasteiger partial charge in [-0.05, 0) is 19.1 Å². The highest BCUT2D eigenvalue weighted by Crippen LogP contribution is 2.23. The Hall–Kier alpha value is -2.22. The van der Waals surface area contributed by atoms with Crippen LogP contribution in [0.15, 0.2) is 24.3 Å². The number of imide groups is 1. The van der Waals surface area contributed by atoms with E-state index >= 15 is 0 Å². The number of amides is 3. The zero-order chi connectivity index (χ0) is 16.8. The highest BCUT2D eigenvalue weighted by atomic mass is 32.2. The standard InChI is InChI=1S/C15H19N3O4S/c1-10(17-11-5-3-4-6-12(11)22-2)14(20)16-7-8-18-13(19)9-23-15(18)21/h3-6,10,17H,7-9H2,1-2H3,(H,16,20)/t10-/m0/s1. The van der Waals surface area contributed by atoms with Gasteiger partial charge in [0.1, 0.15) is 11.8 Å².